The standard InChI is InChI=1S/C12H14IN3/c1-9-5-11(13)3-4-12(9)10(2)6-16-8-14-7-15-16/h3-5,7-8,10H,6H2,1-2H3. The molecule has 0 radical (unpaired) electrons. The maximum Gasteiger partial charge on any atom is 0.137 e. The Morgan fingerprint density at radius 3 is 2.88 bits per heavy atom. The molecule has 1 aromatic carbocycles. The molecule has 0 bridgehead atoms. The number of hydrogen-bond acceptors (Lipinski definition) is 2. The molecular formula is C12H14IN3. The van der Waals surface area contributed by atoms with E-state index in [1.165, 1.54) is 14.7 Å². The molecule has 0 aliphatic rings. The van der Waals surface area contributed by atoms with Crippen LogP contribution >= 0.6 is 22.6 Å². The maximum absolute atomic E-state index is 4.13. The SMILES string of the molecule is Cc1cc(I)ccc1C(C)Cn1cncn1. The third-order valence-corrected chi connectivity index (χ3v) is 3.36. The van der Waals surface area contributed by atoms with Gasteiger partial charge in [-0.15, -0.1) is 0 Å². The topological polar surface area (TPSA) is 30.7 Å². The molecule has 0 aliphatic heterocycles. The van der Waals surface area contributed by atoms with Crippen LogP contribution in [0.2, 0.25) is 0 Å². The van der Waals surface area contributed by atoms with Crippen molar-refractivity contribution in [3.8, 4) is 0 Å². The Morgan fingerprint density at radius 2 is 2.25 bits per heavy atom. The van der Waals surface area contributed by atoms with Crippen LogP contribution in [-0.2, 0) is 6.54 Å². The van der Waals surface area contributed by atoms with Crippen molar-refractivity contribution < 1.29 is 0 Å². The Labute approximate surface area is 109 Å². The van der Waals surface area contributed by atoms with E-state index in [1.54, 1.807) is 12.7 Å². The van der Waals surface area contributed by atoms with Gasteiger partial charge in [0.2, 0.25) is 0 Å². The Bertz CT molecular complexity index is 465. The van der Waals surface area contributed by atoms with Crippen LogP contribution in [0.15, 0.2) is 30.9 Å². The van der Waals surface area contributed by atoms with E-state index < -0.39 is 0 Å². The molecule has 3 nitrogen and oxygen atoms in total. The summed E-state index contributed by atoms with van der Waals surface area (Å²) >= 11 is 2.34. The fraction of sp³-hybridized carbons (Fsp3) is 0.333. The van der Waals surface area contributed by atoms with E-state index in [-0.39, 0.29) is 0 Å². The van der Waals surface area contributed by atoms with E-state index in [1.807, 2.05) is 4.68 Å². The summed E-state index contributed by atoms with van der Waals surface area (Å²) in [7, 11) is 0. The Morgan fingerprint density at radius 1 is 1.44 bits per heavy atom. The fourth-order valence-electron chi connectivity index (χ4n) is 1.90. The zero-order chi connectivity index (χ0) is 11.5. The molecule has 1 aromatic heterocycles. The number of benzene rings is 1. The summed E-state index contributed by atoms with van der Waals surface area (Å²) in [5.41, 5.74) is 2.73. The van der Waals surface area contributed by atoms with Crippen LogP contribution in [0.5, 0.6) is 0 Å². The second-order valence-corrected chi connectivity index (χ2v) is 5.27. The van der Waals surface area contributed by atoms with Gasteiger partial charge in [-0.1, -0.05) is 13.0 Å². The van der Waals surface area contributed by atoms with Gasteiger partial charge in [0, 0.05) is 16.0 Å². The number of rotatable bonds is 3. The summed E-state index contributed by atoms with van der Waals surface area (Å²) in [4.78, 5) is 3.96. The predicted molar refractivity (Wildman–Crippen MR) is 72.3 cm³/mol. The van der Waals surface area contributed by atoms with Gasteiger partial charge in [0.15, 0.2) is 0 Å². The molecule has 1 atom stereocenters. The first-order valence-electron chi connectivity index (χ1n) is 5.25. The van der Waals surface area contributed by atoms with E-state index in [9.17, 15) is 0 Å². The van der Waals surface area contributed by atoms with Gasteiger partial charge in [-0.05, 0) is 52.8 Å². The highest BCUT2D eigenvalue weighted by molar-refractivity contribution is 14.1. The van der Waals surface area contributed by atoms with Gasteiger partial charge in [0.25, 0.3) is 0 Å². The van der Waals surface area contributed by atoms with Crippen LogP contribution in [0.3, 0.4) is 0 Å². The van der Waals surface area contributed by atoms with Crippen LogP contribution in [0.25, 0.3) is 0 Å². The highest BCUT2D eigenvalue weighted by atomic mass is 127. The third-order valence-electron chi connectivity index (χ3n) is 2.69. The lowest BCUT2D eigenvalue weighted by molar-refractivity contribution is 0.540. The van der Waals surface area contributed by atoms with Crippen molar-refractivity contribution in [2.45, 2.75) is 26.3 Å². The van der Waals surface area contributed by atoms with E-state index in [0.29, 0.717) is 5.92 Å². The third kappa shape index (κ3) is 2.61. The predicted octanol–water partition coefficient (Wildman–Crippen LogP) is 2.99. The Balaban J connectivity index is 2.17. The van der Waals surface area contributed by atoms with Gasteiger partial charge >= 0.3 is 0 Å². The quantitative estimate of drug-likeness (QED) is 0.812. The van der Waals surface area contributed by atoms with Gasteiger partial charge in [-0.2, -0.15) is 5.10 Å². The van der Waals surface area contributed by atoms with Crippen molar-refractivity contribution in [3.63, 3.8) is 0 Å². The monoisotopic (exact) mass is 327 g/mol. The highest BCUT2D eigenvalue weighted by Gasteiger charge is 2.09. The number of hydrogen-bond donors (Lipinski definition) is 0. The molecular weight excluding hydrogens is 313 g/mol. The van der Waals surface area contributed by atoms with E-state index >= 15 is 0 Å². The molecule has 16 heavy (non-hydrogen) atoms. The Kier molecular flexibility index (Phi) is 3.58. The lowest BCUT2D eigenvalue weighted by Gasteiger charge is -2.14. The minimum absolute atomic E-state index is 0.457. The average Bonchev–Trinajstić information content (AvgIpc) is 2.70. The van der Waals surface area contributed by atoms with Crippen LogP contribution in [0, 0.1) is 10.5 Å². The molecule has 0 fully saturated rings. The average molecular weight is 327 g/mol. The van der Waals surface area contributed by atoms with Crippen molar-refractivity contribution in [3.05, 3.63) is 45.6 Å². The van der Waals surface area contributed by atoms with Crippen molar-refractivity contribution in [1.29, 1.82) is 0 Å². The second-order valence-electron chi connectivity index (χ2n) is 4.02. The smallest absolute Gasteiger partial charge is 0.137 e. The number of aromatic nitrogens is 3. The largest absolute Gasteiger partial charge is 0.252 e. The van der Waals surface area contributed by atoms with E-state index in [2.05, 4.69) is 64.7 Å². The summed E-state index contributed by atoms with van der Waals surface area (Å²) in [5, 5.41) is 4.13. The van der Waals surface area contributed by atoms with Gasteiger partial charge in [-0.25, -0.2) is 4.98 Å². The molecule has 0 aliphatic carbocycles. The summed E-state index contributed by atoms with van der Waals surface area (Å²) in [6, 6.07) is 6.58. The first kappa shape index (κ1) is 11.6. The number of nitrogens with zero attached hydrogens (tertiary/aromatic N) is 3. The number of aryl methyl sites for hydroxylation is 1. The van der Waals surface area contributed by atoms with Gasteiger partial charge in [0.1, 0.15) is 12.7 Å². The second kappa shape index (κ2) is 4.95. The number of halogens is 1. The highest BCUT2D eigenvalue weighted by Crippen LogP contribution is 2.22. The molecule has 1 unspecified atom stereocenters. The molecule has 0 saturated heterocycles. The van der Waals surface area contributed by atoms with E-state index in [0.717, 1.165) is 6.54 Å². The van der Waals surface area contributed by atoms with Crippen LogP contribution in [0.4, 0.5) is 0 Å². The van der Waals surface area contributed by atoms with Gasteiger partial charge in [0.05, 0.1) is 0 Å². The van der Waals surface area contributed by atoms with Crippen molar-refractivity contribution in [2.75, 3.05) is 0 Å². The van der Waals surface area contributed by atoms with Gasteiger partial charge in [-0.3, -0.25) is 4.68 Å². The van der Waals surface area contributed by atoms with Gasteiger partial charge < -0.3 is 0 Å². The molecule has 1 heterocycles. The van der Waals surface area contributed by atoms with E-state index in [4.69, 9.17) is 0 Å². The molecule has 84 valence electrons. The lowest BCUT2D eigenvalue weighted by Crippen LogP contribution is -2.08. The summed E-state index contributed by atoms with van der Waals surface area (Å²) < 4.78 is 3.16. The summed E-state index contributed by atoms with van der Waals surface area (Å²) in [6.45, 7) is 5.26. The zero-order valence-corrected chi connectivity index (χ0v) is 11.5. The molecule has 0 spiro atoms. The van der Waals surface area contributed by atoms with Crippen molar-refractivity contribution in [2.24, 2.45) is 0 Å². The van der Waals surface area contributed by atoms with Crippen LogP contribution < -0.4 is 0 Å². The summed E-state index contributed by atoms with van der Waals surface area (Å²) in [5.74, 6) is 0.457. The first-order valence-corrected chi connectivity index (χ1v) is 6.33. The molecule has 2 rings (SSSR count). The normalized spacial score (nSPS) is 12.7. The van der Waals surface area contributed by atoms with Crippen LogP contribution in [0.1, 0.15) is 24.0 Å². The maximum atomic E-state index is 4.13. The fourth-order valence-corrected chi connectivity index (χ4v) is 2.54. The molecule has 0 saturated carbocycles. The molecule has 0 amide bonds. The molecule has 0 N–H and O–H groups in total. The van der Waals surface area contributed by atoms with Crippen molar-refractivity contribution >= 4 is 22.6 Å². The minimum Gasteiger partial charge on any atom is -0.252 e. The van der Waals surface area contributed by atoms with Crippen molar-refractivity contribution in [1.82, 2.24) is 14.8 Å². The minimum atomic E-state index is 0.457. The van der Waals surface area contributed by atoms with Crippen LogP contribution in [-0.4, -0.2) is 14.8 Å². The first-order chi connectivity index (χ1) is 7.66. The Hall–Kier alpha value is -0.910. The molecule has 2 aromatic rings. The lowest BCUT2D eigenvalue weighted by atomic mass is 9.97. The molecule has 4 heteroatoms. The zero-order valence-electron chi connectivity index (χ0n) is 9.39. The summed E-state index contributed by atoms with van der Waals surface area (Å²) in [6.07, 6.45) is 3.34.